The number of carboxylic acids is 1. The van der Waals surface area contributed by atoms with Gasteiger partial charge in [-0.1, -0.05) is 38.4 Å². The first kappa shape index (κ1) is 17.8. The summed E-state index contributed by atoms with van der Waals surface area (Å²) in [5, 5.41) is 11.5. The predicted molar refractivity (Wildman–Crippen MR) is 82.1 cm³/mol. The zero-order valence-corrected chi connectivity index (χ0v) is 13.5. The van der Waals surface area contributed by atoms with E-state index in [1.54, 1.807) is 0 Å². The zero-order valence-electron chi connectivity index (χ0n) is 11.9. The molecule has 0 bridgehead atoms. The zero-order chi connectivity index (χ0) is 16.2. The van der Waals surface area contributed by atoms with E-state index in [2.05, 4.69) is 5.32 Å². The molecule has 1 amide bonds. The van der Waals surface area contributed by atoms with Crippen molar-refractivity contribution in [2.24, 2.45) is 0 Å². The Morgan fingerprint density at radius 3 is 2.52 bits per heavy atom. The van der Waals surface area contributed by atoms with Gasteiger partial charge >= 0.3 is 5.97 Å². The topological polar surface area (TPSA) is 66.4 Å². The molecule has 0 spiro atoms. The molecule has 0 saturated heterocycles. The molecule has 0 saturated carbocycles. The van der Waals surface area contributed by atoms with Crippen molar-refractivity contribution in [3.8, 4) is 0 Å². The molecule has 0 aliphatic rings. The first-order valence-electron chi connectivity index (χ1n) is 6.21. The average molecular weight is 334 g/mol. The maximum atomic E-state index is 13.4. The SMILES string of the molecule is CC(C)(C)SCC(=O)NC(C(=O)O)c1ccc(Cl)c(F)c1. The summed E-state index contributed by atoms with van der Waals surface area (Å²) >= 11 is 6.95. The van der Waals surface area contributed by atoms with Crippen molar-refractivity contribution in [2.75, 3.05) is 5.75 Å². The van der Waals surface area contributed by atoms with Crippen molar-refractivity contribution in [3.05, 3.63) is 34.6 Å². The van der Waals surface area contributed by atoms with Gasteiger partial charge in [0.25, 0.3) is 0 Å². The minimum Gasteiger partial charge on any atom is -0.479 e. The van der Waals surface area contributed by atoms with E-state index in [1.165, 1.54) is 23.9 Å². The van der Waals surface area contributed by atoms with Crippen molar-refractivity contribution in [1.82, 2.24) is 5.32 Å². The number of benzene rings is 1. The lowest BCUT2D eigenvalue weighted by atomic mass is 10.1. The van der Waals surface area contributed by atoms with E-state index < -0.39 is 23.7 Å². The summed E-state index contributed by atoms with van der Waals surface area (Å²) in [6, 6.07) is 2.35. The number of hydrogen-bond acceptors (Lipinski definition) is 3. The van der Waals surface area contributed by atoms with E-state index in [-0.39, 0.29) is 21.1 Å². The van der Waals surface area contributed by atoms with E-state index in [9.17, 15) is 19.1 Å². The average Bonchev–Trinajstić information content (AvgIpc) is 2.36. The third-order valence-electron chi connectivity index (χ3n) is 2.47. The summed E-state index contributed by atoms with van der Waals surface area (Å²) in [5.74, 6) is -2.27. The molecule has 0 aromatic heterocycles. The van der Waals surface area contributed by atoms with Crippen molar-refractivity contribution >= 4 is 35.2 Å². The van der Waals surface area contributed by atoms with E-state index in [4.69, 9.17) is 11.6 Å². The molecule has 1 unspecified atom stereocenters. The fourth-order valence-electron chi connectivity index (χ4n) is 1.46. The Labute approximate surface area is 132 Å². The Hall–Kier alpha value is -1.27. The number of halogens is 2. The van der Waals surface area contributed by atoms with Crippen LogP contribution in [0, 0.1) is 5.82 Å². The molecule has 0 aliphatic carbocycles. The third kappa shape index (κ3) is 5.93. The first-order chi connectivity index (χ1) is 9.60. The molecule has 0 aliphatic heterocycles. The molecule has 21 heavy (non-hydrogen) atoms. The maximum Gasteiger partial charge on any atom is 0.330 e. The summed E-state index contributed by atoms with van der Waals surface area (Å²) in [6.07, 6.45) is 0. The molecular formula is C14H17ClFNO3S. The van der Waals surface area contributed by atoms with E-state index in [1.807, 2.05) is 20.8 Å². The summed E-state index contributed by atoms with van der Waals surface area (Å²) < 4.78 is 13.3. The molecule has 0 heterocycles. The van der Waals surface area contributed by atoms with Crippen LogP contribution in [0.3, 0.4) is 0 Å². The van der Waals surface area contributed by atoms with Gasteiger partial charge in [0.1, 0.15) is 5.82 Å². The fourth-order valence-corrected chi connectivity index (χ4v) is 2.23. The number of rotatable bonds is 5. The second kappa shape index (κ2) is 7.13. The standard InChI is InChI=1S/C14H17ClFNO3S/c1-14(2,3)21-7-11(18)17-12(13(19)20)8-4-5-9(15)10(16)6-8/h4-6,12H,7H2,1-3H3,(H,17,18)(H,19,20). The number of carboxylic acid groups (broad SMARTS) is 1. The number of hydrogen-bond donors (Lipinski definition) is 2. The lowest BCUT2D eigenvalue weighted by Gasteiger charge is -2.19. The molecule has 2 N–H and O–H groups in total. The Kier molecular flexibility index (Phi) is 6.04. The Morgan fingerprint density at radius 1 is 1.43 bits per heavy atom. The van der Waals surface area contributed by atoms with Gasteiger partial charge in [0.15, 0.2) is 6.04 Å². The van der Waals surface area contributed by atoms with Gasteiger partial charge in [0.2, 0.25) is 5.91 Å². The molecular weight excluding hydrogens is 317 g/mol. The van der Waals surface area contributed by atoms with Crippen LogP contribution in [0.5, 0.6) is 0 Å². The minimum absolute atomic E-state index is 0.0995. The van der Waals surface area contributed by atoms with Crippen LogP contribution in [-0.4, -0.2) is 27.5 Å². The predicted octanol–water partition coefficient (Wildman–Crippen LogP) is 3.25. The summed E-state index contributed by atoms with van der Waals surface area (Å²) in [5.41, 5.74) is 0.138. The second-order valence-electron chi connectivity index (χ2n) is 5.41. The monoisotopic (exact) mass is 333 g/mol. The van der Waals surface area contributed by atoms with E-state index >= 15 is 0 Å². The van der Waals surface area contributed by atoms with Gasteiger partial charge in [-0.15, -0.1) is 11.8 Å². The molecule has 4 nitrogen and oxygen atoms in total. The lowest BCUT2D eigenvalue weighted by Crippen LogP contribution is -2.35. The summed E-state index contributed by atoms with van der Waals surface area (Å²) in [7, 11) is 0. The van der Waals surface area contributed by atoms with Crippen molar-refractivity contribution < 1.29 is 19.1 Å². The molecule has 0 fully saturated rings. The van der Waals surface area contributed by atoms with Crippen LogP contribution in [-0.2, 0) is 9.59 Å². The van der Waals surface area contributed by atoms with Crippen LogP contribution in [0.2, 0.25) is 5.02 Å². The normalized spacial score (nSPS) is 12.8. The van der Waals surface area contributed by atoms with Crippen LogP contribution in [0.15, 0.2) is 18.2 Å². The van der Waals surface area contributed by atoms with Crippen molar-refractivity contribution in [1.29, 1.82) is 0 Å². The minimum atomic E-state index is -1.30. The number of thioether (sulfide) groups is 1. The Bertz CT molecular complexity index is 546. The first-order valence-corrected chi connectivity index (χ1v) is 7.57. The Morgan fingerprint density at radius 2 is 2.05 bits per heavy atom. The fraction of sp³-hybridized carbons (Fsp3) is 0.429. The van der Waals surface area contributed by atoms with E-state index in [0.29, 0.717) is 0 Å². The van der Waals surface area contributed by atoms with Gasteiger partial charge < -0.3 is 10.4 Å². The van der Waals surface area contributed by atoms with Gasteiger partial charge in [-0.05, 0) is 17.7 Å². The highest BCUT2D eigenvalue weighted by molar-refractivity contribution is 8.01. The quantitative estimate of drug-likeness (QED) is 0.868. The second-order valence-corrected chi connectivity index (χ2v) is 7.62. The van der Waals surface area contributed by atoms with Crippen molar-refractivity contribution in [2.45, 2.75) is 31.6 Å². The number of carbonyl (C=O) groups is 2. The van der Waals surface area contributed by atoms with Crippen LogP contribution < -0.4 is 5.32 Å². The molecule has 116 valence electrons. The highest BCUT2D eigenvalue weighted by Crippen LogP contribution is 2.24. The van der Waals surface area contributed by atoms with Crippen LogP contribution in [0.25, 0.3) is 0 Å². The van der Waals surface area contributed by atoms with Gasteiger partial charge in [-0.2, -0.15) is 0 Å². The number of amides is 1. The third-order valence-corrected chi connectivity index (χ3v) is 4.04. The van der Waals surface area contributed by atoms with Gasteiger partial charge in [0.05, 0.1) is 10.8 Å². The summed E-state index contributed by atoms with van der Waals surface area (Å²) in [6.45, 7) is 5.86. The largest absolute Gasteiger partial charge is 0.479 e. The highest BCUT2D eigenvalue weighted by atomic mass is 35.5. The highest BCUT2D eigenvalue weighted by Gasteiger charge is 2.24. The maximum absolute atomic E-state index is 13.4. The van der Waals surface area contributed by atoms with E-state index in [0.717, 1.165) is 6.07 Å². The Balaban J connectivity index is 2.81. The van der Waals surface area contributed by atoms with Crippen LogP contribution in [0.4, 0.5) is 4.39 Å². The molecule has 1 rings (SSSR count). The molecule has 1 aromatic carbocycles. The van der Waals surface area contributed by atoms with Crippen LogP contribution >= 0.6 is 23.4 Å². The van der Waals surface area contributed by atoms with Crippen molar-refractivity contribution in [3.63, 3.8) is 0 Å². The van der Waals surface area contributed by atoms with Gasteiger partial charge in [0, 0.05) is 4.75 Å². The molecule has 1 aromatic rings. The number of carbonyl (C=O) groups excluding carboxylic acids is 1. The summed E-state index contributed by atoms with van der Waals surface area (Å²) in [4.78, 5) is 23.1. The smallest absolute Gasteiger partial charge is 0.330 e. The number of nitrogens with one attached hydrogen (secondary N) is 1. The number of aliphatic carboxylic acids is 1. The molecule has 0 radical (unpaired) electrons. The molecule has 1 atom stereocenters. The lowest BCUT2D eigenvalue weighted by molar-refractivity contribution is -0.141. The van der Waals surface area contributed by atoms with Gasteiger partial charge in [-0.3, -0.25) is 4.79 Å². The molecule has 7 heteroatoms. The van der Waals surface area contributed by atoms with Crippen LogP contribution in [0.1, 0.15) is 32.4 Å². The van der Waals surface area contributed by atoms with Gasteiger partial charge in [-0.25, -0.2) is 9.18 Å².